The van der Waals surface area contributed by atoms with E-state index in [1.165, 1.54) is 0 Å². The SMILES string of the molecule is [C-]#N.[C-]#N.[C-]#N.[C-]#N.[C-]#N.[C-]#N.[Fe+3].[Rh+3]. The average Bonchev–Trinajstić information content (AvgIpc) is 2.33. The van der Waals surface area contributed by atoms with Gasteiger partial charge in [-0.25, -0.2) is 0 Å². The molecule has 0 aliphatic rings. The zero-order valence-corrected chi connectivity index (χ0v) is 9.11. The summed E-state index contributed by atoms with van der Waals surface area (Å²) < 4.78 is 0. The van der Waals surface area contributed by atoms with Gasteiger partial charge < -0.3 is 71.0 Å². The molecule has 0 aromatic carbocycles. The Bertz CT molecular complexity index is 97.3. The summed E-state index contributed by atoms with van der Waals surface area (Å²) in [5, 5.41) is 37.5. The normalized spacial score (nSPS) is 0.857. The standard InChI is InChI=1S/6CN.Fe.Rh/c6*1-2;;/q6*-1;2*+3. The minimum Gasteiger partial charge on any atom is -0.512 e. The third-order valence-corrected chi connectivity index (χ3v) is 0. The molecule has 0 aliphatic carbocycles. The molecular formula is C6FeN6Rh. The van der Waals surface area contributed by atoms with Crippen LogP contribution in [0.15, 0.2) is 0 Å². The van der Waals surface area contributed by atoms with E-state index in [2.05, 4.69) is 0 Å². The van der Waals surface area contributed by atoms with Gasteiger partial charge in [-0.2, -0.15) is 0 Å². The first kappa shape index (κ1) is 89.0. The van der Waals surface area contributed by atoms with E-state index in [1.807, 2.05) is 0 Å². The van der Waals surface area contributed by atoms with Crippen LogP contribution >= 0.6 is 0 Å². The molecule has 0 aromatic rings. The summed E-state index contributed by atoms with van der Waals surface area (Å²) >= 11 is 0. The third kappa shape index (κ3) is 226. The smallest absolute Gasteiger partial charge is 0.512 e. The maximum absolute atomic E-state index is 6.25. The van der Waals surface area contributed by atoms with Gasteiger partial charge in [0.15, 0.2) is 0 Å². The second kappa shape index (κ2) is 307. The first-order valence-electron chi connectivity index (χ1n) is 1.34. The molecule has 0 aliphatic heterocycles. The summed E-state index contributed by atoms with van der Waals surface area (Å²) in [5.74, 6) is 0. The van der Waals surface area contributed by atoms with Gasteiger partial charge in [-0.3, -0.25) is 0 Å². The summed E-state index contributed by atoms with van der Waals surface area (Å²) in [6.45, 7) is 28.5. The Balaban J connectivity index is -0.00000000500. The molecule has 0 atom stereocenters. The molecule has 0 spiro atoms. The molecule has 0 aromatic heterocycles. The first-order chi connectivity index (χ1) is 6.00. The summed E-state index contributed by atoms with van der Waals surface area (Å²) in [5.41, 5.74) is 0. The molecule has 71 valence electrons. The maximum atomic E-state index is 6.25. The van der Waals surface area contributed by atoms with Crippen molar-refractivity contribution in [3.63, 3.8) is 0 Å². The topological polar surface area (TPSA) is 143 Å². The molecule has 0 unspecified atom stereocenters. The predicted octanol–water partition coefficient (Wildman–Crippen LogP) is 0.573. The maximum Gasteiger partial charge on any atom is 3.00 e. The fourth-order valence-corrected chi connectivity index (χ4v) is 0. The van der Waals surface area contributed by atoms with Gasteiger partial charge in [0.2, 0.25) is 0 Å². The third-order valence-electron chi connectivity index (χ3n) is 0. The van der Waals surface area contributed by atoms with E-state index in [0.717, 1.165) is 0 Å². The van der Waals surface area contributed by atoms with Crippen LogP contribution in [0.1, 0.15) is 0 Å². The zero-order chi connectivity index (χ0) is 12.0. The van der Waals surface area contributed by atoms with Crippen molar-refractivity contribution in [2.45, 2.75) is 0 Å². The van der Waals surface area contributed by atoms with E-state index in [0.29, 0.717) is 0 Å². The van der Waals surface area contributed by atoms with Crippen LogP contribution in [0.25, 0.3) is 0 Å². The van der Waals surface area contributed by atoms with Crippen LogP contribution in [-0.2, 0) is 36.5 Å². The molecule has 0 heterocycles. The zero-order valence-electron chi connectivity index (χ0n) is 6.37. The Morgan fingerprint density at radius 2 is 0.357 bits per heavy atom. The van der Waals surface area contributed by atoms with E-state index in [9.17, 15) is 0 Å². The second-order valence-corrected chi connectivity index (χ2v) is 0. The Morgan fingerprint density at radius 1 is 0.357 bits per heavy atom. The minimum atomic E-state index is 0. The van der Waals surface area contributed by atoms with E-state index in [-0.39, 0.29) is 36.5 Å². The van der Waals surface area contributed by atoms with Crippen LogP contribution in [0.2, 0.25) is 0 Å². The first-order valence-corrected chi connectivity index (χ1v) is 1.34. The van der Waals surface area contributed by atoms with Gasteiger partial charge in [0.05, 0.1) is 0 Å². The molecule has 1 radical (unpaired) electrons. The predicted molar refractivity (Wildman–Crippen MR) is 29.8 cm³/mol. The van der Waals surface area contributed by atoms with Gasteiger partial charge in [0.25, 0.3) is 0 Å². The van der Waals surface area contributed by atoms with Gasteiger partial charge in [-0.05, 0) is 0 Å². The number of rotatable bonds is 0. The summed E-state index contributed by atoms with van der Waals surface area (Å²) in [6.07, 6.45) is 0. The molecule has 0 amide bonds. The van der Waals surface area contributed by atoms with Crippen LogP contribution in [0.3, 0.4) is 0 Å². The Labute approximate surface area is 107 Å². The molecule has 6 nitrogen and oxygen atoms in total. The van der Waals surface area contributed by atoms with Crippen molar-refractivity contribution in [1.29, 1.82) is 31.6 Å². The van der Waals surface area contributed by atoms with Crippen molar-refractivity contribution in [2.24, 2.45) is 0 Å². The van der Waals surface area contributed by atoms with Gasteiger partial charge in [0.1, 0.15) is 0 Å². The van der Waals surface area contributed by atoms with Crippen LogP contribution in [0.4, 0.5) is 0 Å². The van der Waals surface area contributed by atoms with Crippen molar-refractivity contribution < 1.29 is 36.5 Å². The molecule has 0 fully saturated rings. The average molecular weight is 315 g/mol. The van der Waals surface area contributed by atoms with E-state index in [1.54, 1.807) is 0 Å². The molecular weight excluding hydrogens is 315 g/mol. The van der Waals surface area contributed by atoms with Gasteiger partial charge >= 0.3 is 36.5 Å². The second-order valence-electron chi connectivity index (χ2n) is 0. The molecule has 0 rings (SSSR count). The van der Waals surface area contributed by atoms with Crippen LogP contribution < -0.4 is 0 Å². The van der Waals surface area contributed by atoms with Crippen molar-refractivity contribution in [3.05, 3.63) is 39.4 Å². The largest absolute Gasteiger partial charge is 3.00 e. The summed E-state index contributed by atoms with van der Waals surface area (Å²) in [6, 6.07) is 0. The quantitative estimate of drug-likeness (QED) is 0.472. The van der Waals surface area contributed by atoms with Crippen LogP contribution in [0.5, 0.6) is 0 Å². The molecule has 0 N–H and O–H groups in total. The van der Waals surface area contributed by atoms with E-state index < -0.39 is 0 Å². The van der Waals surface area contributed by atoms with Crippen molar-refractivity contribution in [2.75, 3.05) is 0 Å². The number of nitrogens with zero attached hydrogens (tertiary/aromatic N) is 6. The van der Waals surface area contributed by atoms with Gasteiger partial charge in [-0.15, -0.1) is 0 Å². The Kier molecular flexibility index (Phi) is 1950. The van der Waals surface area contributed by atoms with Crippen molar-refractivity contribution in [1.82, 2.24) is 0 Å². The number of hydrogen-bond donors (Lipinski definition) is 0. The van der Waals surface area contributed by atoms with E-state index >= 15 is 0 Å². The molecule has 14 heavy (non-hydrogen) atoms. The molecule has 0 bridgehead atoms. The monoisotopic (exact) mass is 315 g/mol. The van der Waals surface area contributed by atoms with Crippen molar-refractivity contribution >= 4 is 0 Å². The minimum absolute atomic E-state index is 0. The number of hydrogen-bond acceptors (Lipinski definition) is 6. The molecule has 0 saturated heterocycles. The molecule has 0 saturated carbocycles. The van der Waals surface area contributed by atoms with Gasteiger partial charge in [-0.1, -0.05) is 0 Å². The summed E-state index contributed by atoms with van der Waals surface area (Å²) in [7, 11) is 0. The van der Waals surface area contributed by atoms with Gasteiger partial charge in [0, 0.05) is 0 Å². The fourth-order valence-electron chi connectivity index (χ4n) is 0. The Morgan fingerprint density at radius 3 is 0.357 bits per heavy atom. The Hall–Kier alpha value is -1.92. The van der Waals surface area contributed by atoms with Crippen LogP contribution in [-0.4, -0.2) is 0 Å². The molecule has 8 heteroatoms. The van der Waals surface area contributed by atoms with E-state index in [4.69, 9.17) is 71.0 Å². The van der Waals surface area contributed by atoms with Crippen molar-refractivity contribution in [3.8, 4) is 0 Å². The van der Waals surface area contributed by atoms with Crippen LogP contribution in [0, 0.1) is 71.0 Å². The summed E-state index contributed by atoms with van der Waals surface area (Å²) in [4.78, 5) is 0. The fraction of sp³-hybridized carbons (Fsp3) is 0.